The predicted octanol–water partition coefficient (Wildman–Crippen LogP) is 2.21. The number of nitrogens with zero attached hydrogens (tertiary/aromatic N) is 5. The number of para-hydroxylation sites is 1. The Balaban J connectivity index is 1.65. The highest BCUT2D eigenvalue weighted by Gasteiger charge is 2.41. The van der Waals surface area contributed by atoms with Crippen LogP contribution >= 0.6 is 11.3 Å². The second kappa shape index (κ2) is 8.11. The van der Waals surface area contributed by atoms with Gasteiger partial charge in [-0.2, -0.15) is 0 Å². The summed E-state index contributed by atoms with van der Waals surface area (Å²) < 4.78 is 7.12. The first kappa shape index (κ1) is 20.4. The van der Waals surface area contributed by atoms with Gasteiger partial charge in [0.05, 0.1) is 35.7 Å². The third-order valence-corrected chi connectivity index (χ3v) is 6.37. The van der Waals surface area contributed by atoms with E-state index in [1.807, 2.05) is 38.1 Å². The molecule has 9 nitrogen and oxygen atoms in total. The number of carbonyl (C=O) groups is 2. The maximum atomic E-state index is 13.6. The van der Waals surface area contributed by atoms with Gasteiger partial charge in [-0.1, -0.05) is 31.2 Å². The van der Waals surface area contributed by atoms with Crippen LogP contribution in [-0.2, 0) is 9.53 Å². The summed E-state index contributed by atoms with van der Waals surface area (Å²) >= 11 is 1.53. The summed E-state index contributed by atoms with van der Waals surface area (Å²) in [5.74, 6) is -0.911. The van der Waals surface area contributed by atoms with E-state index in [0.29, 0.717) is 6.42 Å². The molecule has 3 unspecified atom stereocenters. The van der Waals surface area contributed by atoms with Crippen LogP contribution in [0.4, 0.5) is 0 Å². The average Bonchev–Trinajstić information content (AvgIpc) is 3.44. The summed E-state index contributed by atoms with van der Waals surface area (Å²) in [6.07, 6.45) is 1.23. The number of aliphatic hydroxyl groups is 1. The fraction of sp³-hybridized carbons (Fsp3) is 0.450. The molecule has 2 aromatic heterocycles. The zero-order chi connectivity index (χ0) is 21.4. The second-order valence-corrected chi connectivity index (χ2v) is 8.74. The van der Waals surface area contributed by atoms with E-state index >= 15 is 0 Å². The number of ether oxygens (including phenoxy) is 1. The van der Waals surface area contributed by atoms with Crippen LogP contribution < -0.4 is 0 Å². The number of hydrogen-bond donors (Lipinski definition) is 1. The SMILES string of the molecule is COC(=O)c1cn(C(C(=O)N2CC(O)CC2c2nc3ccccc3s2)C(C)C)nn1. The van der Waals surface area contributed by atoms with Gasteiger partial charge in [0.15, 0.2) is 5.69 Å². The van der Waals surface area contributed by atoms with Gasteiger partial charge in [0, 0.05) is 13.0 Å². The van der Waals surface area contributed by atoms with E-state index in [1.165, 1.54) is 29.3 Å². The Bertz CT molecular complexity index is 1050. The van der Waals surface area contributed by atoms with Gasteiger partial charge in [0.2, 0.25) is 5.91 Å². The maximum Gasteiger partial charge on any atom is 0.360 e. The zero-order valence-electron chi connectivity index (χ0n) is 16.9. The molecule has 10 heteroatoms. The van der Waals surface area contributed by atoms with Crippen molar-refractivity contribution in [2.75, 3.05) is 13.7 Å². The molecule has 30 heavy (non-hydrogen) atoms. The lowest BCUT2D eigenvalue weighted by atomic mass is 10.0. The van der Waals surface area contributed by atoms with Crippen molar-refractivity contribution in [1.29, 1.82) is 0 Å². The minimum atomic E-state index is -0.668. The average molecular weight is 430 g/mol. The Morgan fingerprint density at radius 1 is 1.30 bits per heavy atom. The standard InChI is InChI=1S/C20H23N5O4S/c1-11(2)17(25-10-14(22-23-25)20(28)29-3)19(27)24-9-12(26)8-15(24)18-21-13-6-4-5-7-16(13)30-18/h4-7,10-12,15,17,26H,8-9H2,1-3H3. The number of likely N-dealkylation sites (tertiary alicyclic amines) is 1. The van der Waals surface area contributed by atoms with Crippen molar-refractivity contribution >= 4 is 33.4 Å². The van der Waals surface area contributed by atoms with Crippen molar-refractivity contribution < 1.29 is 19.4 Å². The molecule has 3 heterocycles. The third-order valence-electron chi connectivity index (χ3n) is 5.23. The zero-order valence-corrected chi connectivity index (χ0v) is 17.7. The summed E-state index contributed by atoms with van der Waals surface area (Å²) in [6, 6.07) is 6.83. The van der Waals surface area contributed by atoms with E-state index in [9.17, 15) is 14.7 Å². The molecular formula is C20H23N5O4S. The van der Waals surface area contributed by atoms with Crippen molar-refractivity contribution in [2.45, 2.75) is 38.5 Å². The number of rotatable bonds is 5. The number of carbonyl (C=O) groups excluding carboxylic acids is 2. The minimum Gasteiger partial charge on any atom is -0.464 e. The molecule has 1 fully saturated rings. The monoisotopic (exact) mass is 429 g/mol. The van der Waals surface area contributed by atoms with E-state index in [4.69, 9.17) is 4.98 Å². The summed E-state index contributed by atoms with van der Waals surface area (Å²) in [7, 11) is 1.26. The first-order chi connectivity index (χ1) is 14.4. The van der Waals surface area contributed by atoms with Crippen LogP contribution in [0, 0.1) is 5.92 Å². The number of esters is 1. The number of aromatic nitrogens is 4. The quantitative estimate of drug-likeness (QED) is 0.619. The molecule has 4 rings (SSSR count). The Morgan fingerprint density at radius 2 is 2.07 bits per heavy atom. The number of amides is 1. The Morgan fingerprint density at radius 3 is 2.77 bits per heavy atom. The van der Waals surface area contributed by atoms with Gasteiger partial charge in [0.1, 0.15) is 11.0 Å². The van der Waals surface area contributed by atoms with Crippen LogP contribution in [-0.4, -0.2) is 61.6 Å². The molecule has 1 aliphatic heterocycles. The lowest BCUT2D eigenvalue weighted by molar-refractivity contribution is -0.137. The fourth-order valence-corrected chi connectivity index (χ4v) is 4.90. The molecule has 0 radical (unpaired) electrons. The Kier molecular flexibility index (Phi) is 5.52. The number of β-amino-alcohol motifs (C(OH)–C–C–N with tert-alkyl or cyclic N) is 1. The molecule has 1 aromatic carbocycles. The summed E-state index contributed by atoms with van der Waals surface area (Å²) in [5.41, 5.74) is 0.922. The highest BCUT2D eigenvalue weighted by molar-refractivity contribution is 7.18. The van der Waals surface area contributed by atoms with Gasteiger partial charge in [0.25, 0.3) is 0 Å². The van der Waals surface area contributed by atoms with Crippen molar-refractivity contribution in [3.63, 3.8) is 0 Å². The fourth-order valence-electron chi connectivity index (χ4n) is 3.81. The van der Waals surface area contributed by atoms with Gasteiger partial charge in [-0.05, 0) is 18.1 Å². The highest BCUT2D eigenvalue weighted by atomic mass is 32.1. The van der Waals surface area contributed by atoms with Crippen molar-refractivity contribution in [1.82, 2.24) is 24.9 Å². The number of thiazole rings is 1. The van der Waals surface area contributed by atoms with Gasteiger partial charge in [-0.25, -0.2) is 14.5 Å². The van der Waals surface area contributed by atoms with Gasteiger partial charge >= 0.3 is 5.97 Å². The molecule has 3 aromatic rings. The number of fused-ring (bicyclic) bond motifs is 1. The lowest BCUT2D eigenvalue weighted by Gasteiger charge is -2.29. The molecule has 158 valence electrons. The van der Waals surface area contributed by atoms with E-state index < -0.39 is 18.1 Å². The van der Waals surface area contributed by atoms with E-state index in [2.05, 4.69) is 15.0 Å². The largest absolute Gasteiger partial charge is 0.464 e. The maximum absolute atomic E-state index is 13.6. The van der Waals surface area contributed by atoms with Gasteiger partial charge < -0.3 is 14.7 Å². The first-order valence-corrected chi connectivity index (χ1v) is 10.5. The van der Waals surface area contributed by atoms with Gasteiger partial charge in [-0.3, -0.25) is 4.79 Å². The molecule has 0 aliphatic carbocycles. The number of methoxy groups -OCH3 is 1. The molecule has 3 atom stereocenters. The minimum absolute atomic E-state index is 0.0418. The van der Waals surface area contributed by atoms with Crippen LogP contribution in [0.2, 0.25) is 0 Å². The summed E-state index contributed by atoms with van der Waals surface area (Å²) in [6.45, 7) is 4.03. The highest BCUT2D eigenvalue weighted by Crippen LogP contribution is 2.38. The van der Waals surface area contributed by atoms with E-state index in [1.54, 1.807) is 4.90 Å². The van der Waals surface area contributed by atoms with Crippen LogP contribution in [0.5, 0.6) is 0 Å². The van der Waals surface area contributed by atoms with Crippen molar-refractivity contribution in [2.24, 2.45) is 5.92 Å². The predicted molar refractivity (Wildman–Crippen MR) is 110 cm³/mol. The topological polar surface area (TPSA) is 110 Å². The van der Waals surface area contributed by atoms with Gasteiger partial charge in [-0.15, -0.1) is 16.4 Å². The molecular weight excluding hydrogens is 406 g/mol. The second-order valence-electron chi connectivity index (χ2n) is 7.68. The Hall–Kier alpha value is -2.85. The lowest BCUT2D eigenvalue weighted by Crippen LogP contribution is -2.40. The number of aliphatic hydroxyl groups excluding tert-OH is 1. The third kappa shape index (κ3) is 3.68. The molecule has 1 saturated heterocycles. The number of hydrogen-bond acceptors (Lipinski definition) is 8. The smallest absolute Gasteiger partial charge is 0.360 e. The molecule has 1 aliphatic rings. The summed E-state index contributed by atoms with van der Waals surface area (Å²) in [4.78, 5) is 31.7. The van der Waals surface area contributed by atoms with E-state index in [-0.39, 0.29) is 30.1 Å². The van der Waals surface area contributed by atoms with E-state index in [0.717, 1.165) is 15.2 Å². The summed E-state index contributed by atoms with van der Waals surface area (Å²) in [5, 5.41) is 19.0. The Labute approximate surface area is 177 Å². The van der Waals surface area contributed by atoms with Crippen molar-refractivity contribution in [3.05, 3.63) is 41.2 Å². The van der Waals surface area contributed by atoms with Crippen molar-refractivity contribution in [3.8, 4) is 0 Å². The normalized spacial score (nSPS) is 20.1. The van der Waals surface area contributed by atoms with Crippen LogP contribution in [0.15, 0.2) is 30.5 Å². The molecule has 0 spiro atoms. The van der Waals surface area contributed by atoms with Crippen LogP contribution in [0.3, 0.4) is 0 Å². The molecule has 0 bridgehead atoms. The molecule has 0 saturated carbocycles. The number of benzene rings is 1. The first-order valence-electron chi connectivity index (χ1n) is 9.73. The van der Waals surface area contributed by atoms with Crippen LogP contribution in [0.25, 0.3) is 10.2 Å². The molecule has 1 N–H and O–H groups in total. The van der Waals surface area contributed by atoms with Crippen LogP contribution in [0.1, 0.15) is 47.8 Å². The molecule has 1 amide bonds.